The van der Waals surface area contributed by atoms with Gasteiger partial charge in [-0.3, -0.25) is 4.90 Å². The molecule has 2 aromatic rings. The molecule has 29 heavy (non-hydrogen) atoms. The van der Waals surface area contributed by atoms with Crippen LogP contribution in [0.4, 0.5) is 13.2 Å². The van der Waals surface area contributed by atoms with E-state index in [-0.39, 0.29) is 12.2 Å². The number of hydrogen-bond acceptors (Lipinski definition) is 4. The topological polar surface area (TPSA) is 41.9 Å². The lowest BCUT2D eigenvalue weighted by Gasteiger charge is -2.42. The largest absolute Gasteiger partial charge is 0.573 e. The molecule has 1 fully saturated rings. The predicted molar refractivity (Wildman–Crippen MR) is 104 cm³/mol. The molecular weight excluding hydrogens is 383 g/mol. The van der Waals surface area contributed by atoms with E-state index in [2.05, 4.69) is 9.64 Å². The van der Waals surface area contributed by atoms with Gasteiger partial charge < -0.3 is 14.6 Å². The fourth-order valence-corrected chi connectivity index (χ4v) is 3.68. The van der Waals surface area contributed by atoms with Crippen LogP contribution >= 0.6 is 0 Å². The summed E-state index contributed by atoms with van der Waals surface area (Å²) >= 11 is 0. The number of hydrogen-bond donors (Lipinski definition) is 1. The van der Waals surface area contributed by atoms with Crippen LogP contribution < -0.4 is 4.74 Å². The fourth-order valence-electron chi connectivity index (χ4n) is 3.68. The lowest BCUT2D eigenvalue weighted by atomic mass is 9.85. The second kappa shape index (κ2) is 9.15. The molecule has 1 N–H and O–H groups in total. The highest BCUT2D eigenvalue weighted by atomic mass is 19.4. The first kappa shape index (κ1) is 21.6. The second-order valence-corrected chi connectivity index (χ2v) is 7.37. The van der Waals surface area contributed by atoms with Crippen LogP contribution in [0.5, 0.6) is 5.75 Å². The summed E-state index contributed by atoms with van der Waals surface area (Å²) in [6.45, 7) is 4.24. The van der Waals surface area contributed by atoms with Crippen molar-refractivity contribution in [2.75, 3.05) is 19.7 Å². The van der Waals surface area contributed by atoms with Crippen molar-refractivity contribution in [2.45, 2.75) is 44.4 Å². The first-order valence-corrected chi connectivity index (χ1v) is 9.73. The van der Waals surface area contributed by atoms with Crippen molar-refractivity contribution in [2.24, 2.45) is 0 Å². The average molecular weight is 409 g/mol. The van der Waals surface area contributed by atoms with E-state index in [1.165, 1.54) is 12.1 Å². The summed E-state index contributed by atoms with van der Waals surface area (Å²) in [5, 5.41) is 11.3. The predicted octanol–water partition coefficient (Wildman–Crippen LogP) is 4.17. The molecule has 4 nitrogen and oxygen atoms in total. The Hall–Kier alpha value is -2.09. The molecule has 158 valence electrons. The zero-order valence-corrected chi connectivity index (χ0v) is 16.4. The number of ether oxygens (including phenoxy) is 2. The van der Waals surface area contributed by atoms with Crippen molar-refractivity contribution in [3.63, 3.8) is 0 Å². The molecule has 1 heterocycles. The maximum Gasteiger partial charge on any atom is 0.573 e. The monoisotopic (exact) mass is 409 g/mol. The van der Waals surface area contributed by atoms with E-state index in [0.717, 1.165) is 18.7 Å². The summed E-state index contributed by atoms with van der Waals surface area (Å²) < 4.78 is 48.2. The summed E-state index contributed by atoms with van der Waals surface area (Å²) in [6, 6.07) is 15.9. The Kier molecular flexibility index (Phi) is 6.82. The van der Waals surface area contributed by atoms with Crippen molar-refractivity contribution < 1.29 is 27.8 Å². The smallest absolute Gasteiger partial charge is 0.406 e. The number of alkyl halides is 3. The molecule has 7 heteroatoms. The van der Waals surface area contributed by atoms with Crippen molar-refractivity contribution in [3.8, 4) is 5.75 Å². The Balaban J connectivity index is 1.74. The summed E-state index contributed by atoms with van der Waals surface area (Å²) in [4.78, 5) is 2.20. The Bertz CT molecular complexity index is 784. The normalized spacial score (nSPS) is 20.2. The van der Waals surface area contributed by atoms with E-state index in [1.807, 2.05) is 37.3 Å². The maximum absolute atomic E-state index is 12.7. The Morgan fingerprint density at radius 2 is 1.79 bits per heavy atom. The molecular formula is C22H26F3NO3. The van der Waals surface area contributed by atoms with Gasteiger partial charge in [-0.05, 0) is 23.6 Å². The molecule has 0 spiro atoms. The third-order valence-corrected chi connectivity index (χ3v) is 5.31. The molecule has 2 unspecified atom stereocenters. The van der Waals surface area contributed by atoms with Crippen LogP contribution in [-0.4, -0.2) is 47.8 Å². The quantitative estimate of drug-likeness (QED) is 0.745. The second-order valence-electron chi connectivity index (χ2n) is 7.37. The van der Waals surface area contributed by atoms with E-state index in [0.29, 0.717) is 25.1 Å². The minimum Gasteiger partial charge on any atom is -0.406 e. The highest BCUT2D eigenvalue weighted by Gasteiger charge is 2.40. The molecule has 1 saturated heterocycles. The fraction of sp³-hybridized carbons (Fsp3) is 0.455. The molecule has 0 radical (unpaired) electrons. The summed E-state index contributed by atoms with van der Waals surface area (Å²) in [6.07, 6.45) is -4.94. The number of para-hydroxylation sites is 1. The third-order valence-electron chi connectivity index (χ3n) is 5.31. The van der Waals surface area contributed by atoms with Crippen molar-refractivity contribution >= 4 is 0 Å². The van der Waals surface area contributed by atoms with Gasteiger partial charge in [0, 0.05) is 26.1 Å². The molecule has 0 bridgehead atoms. The van der Waals surface area contributed by atoms with Crippen molar-refractivity contribution in [1.29, 1.82) is 0 Å². The van der Waals surface area contributed by atoms with Crippen LogP contribution in [0.3, 0.4) is 0 Å². The minimum absolute atomic E-state index is 0.0135. The van der Waals surface area contributed by atoms with Crippen molar-refractivity contribution in [3.05, 3.63) is 65.7 Å². The van der Waals surface area contributed by atoms with Gasteiger partial charge in [-0.15, -0.1) is 13.2 Å². The summed E-state index contributed by atoms with van der Waals surface area (Å²) in [5.41, 5.74) is 0.163. The van der Waals surface area contributed by atoms with Gasteiger partial charge in [-0.25, -0.2) is 0 Å². The molecule has 0 aliphatic carbocycles. The van der Waals surface area contributed by atoms with Gasteiger partial charge in [0.1, 0.15) is 5.75 Å². The van der Waals surface area contributed by atoms with E-state index in [4.69, 9.17) is 4.74 Å². The standard InChI is InChI=1S/C22H26F3NO3/c1-2-21(27,14-18-10-6-7-11-19(18)29-22(23,24)25)20-16-26(12-13-28-20)15-17-8-4-3-5-9-17/h3-11,20,27H,2,12-16H2,1H3. The molecule has 0 amide bonds. The number of halogens is 3. The zero-order chi connectivity index (χ0) is 20.9. The molecule has 3 rings (SSSR count). The minimum atomic E-state index is -4.78. The number of aliphatic hydroxyl groups is 1. The highest BCUT2D eigenvalue weighted by Crippen LogP contribution is 2.33. The van der Waals surface area contributed by atoms with Gasteiger partial charge >= 0.3 is 6.36 Å². The van der Waals surface area contributed by atoms with Crippen LogP contribution in [0.1, 0.15) is 24.5 Å². The van der Waals surface area contributed by atoms with Gasteiger partial charge in [-0.1, -0.05) is 55.5 Å². The number of benzene rings is 2. The number of rotatable bonds is 7. The van der Waals surface area contributed by atoms with Crippen LogP contribution in [-0.2, 0) is 17.7 Å². The van der Waals surface area contributed by atoms with E-state index in [1.54, 1.807) is 12.1 Å². The Morgan fingerprint density at radius 3 is 2.48 bits per heavy atom. The van der Waals surface area contributed by atoms with Gasteiger partial charge in [0.2, 0.25) is 0 Å². The molecule has 1 aliphatic rings. The molecule has 2 atom stereocenters. The number of nitrogens with zero attached hydrogens (tertiary/aromatic N) is 1. The van der Waals surface area contributed by atoms with Gasteiger partial charge in [-0.2, -0.15) is 0 Å². The van der Waals surface area contributed by atoms with Crippen LogP contribution in [0.25, 0.3) is 0 Å². The van der Waals surface area contributed by atoms with Gasteiger partial charge in [0.05, 0.1) is 18.3 Å². The van der Waals surface area contributed by atoms with E-state index < -0.39 is 18.1 Å². The third kappa shape index (κ3) is 5.95. The van der Waals surface area contributed by atoms with Gasteiger partial charge in [0.25, 0.3) is 0 Å². The van der Waals surface area contributed by atoms with E-state index >= 15 is 0 Å². The highest BCUT2D eigenvalue weighted by molar-refractivity contribution is 5.35. The lowest BCUT2D eigenvalue weighted by molar-refractivity contribution is -0.275. The SMILES string of the molecule is CCC(O)(Cc1ccccc1OC(F)(F)F)C1CN(Cc2ccccc2)CCO1. The Labute approximate surface area is 168 Å². The molecule has 2 aromatic carbocycles. The van der Waals surface area contributed by atoms with E-state index in [9.17, 15) is 18.3 Å². The van der Waals surface area contributed by atoms with Crippen molar-refractivity contribution in [1.82, 2.24) is 4.90 Å². The summed E-state index contributed by atoms with van der Waals surface area (Å²) in [7, 11) is 0. The maximum atomic E-state index is 12.7. The molecule has 0 aromatic heterocycles. The van der Waals surface area contributed by atoms with Crippen LogP contribution in [0.15, 0.2) is 54.6 Å². The Morgan fingerprint density at radius 1 is 1.10 bits per heavy atom. The number of morpholine rings is 1. The summed E-state index contributed by atoms with van der Waals surface area (Å²) in [5.74, 6) is -0.288. The molecule has 1 aliphatic heterocycles. The zero-order valence-electron chi connectivity index (χ0n) is 16.4. The first-order chi connectivity index (χ1) is 13.8. The lowest BCUT2D eigenvalue weighted by Crippen LogP contribution is -2.55. The van der Waals surface area contributed by atoms with Crippen LogP contribution in [0, 0.1) is 0 Å². The van der Waals surface area contributed by atoms with Gasteiger partial charge in [0.15, 0.2) is 0 Å². The first-order valence-electron chi connectivity index (χ1n) is 9.73. The van der Waals surface area contributed by atoms with Crippen LogP contribution in [0.2, 0.25) is 0 Å². The molecule has 0 saturated carbocycles. The average Bonchev–Trinajstić information content (AvgIpc) is 2.69.